The molecular weight excluding hydrogens is 539 g/mol. The van der Waals surface area contributed by atoms with Crippen LogP contribution >= 0.6 is 0 Å². The van der Waals surface area contributed by atoms with Crippen LogP contribution in [0.15, 0.2) is 11.6 Å². The third-order valence-electron chi connectivity index (χ3n) is 9.25. The van der Waals surface area contributed by atoms with E-state index in [2.05, 4.69) is 13.0 Å². The molecule has 13 heteroatoms. The Morgan fingerprint density at radius 3 is 2.15 bits per heavy atom. The second-order valence-corrected chi connectivity index (χ2v) is 12.5. The minimum Gasteiger partial charge on any atom is -0.726 e. The largest absolute Gasteiger partial charge is 1.00 e. The molecule has 4 rings (SSSR count). The molecule has 0 amide bonds. The molecule has 0 N–H and O–H groups in total. The molecule has 0 radical (unpaired) electrons. The molecule has 9 nitrogen and oxygen atoms in total. The van der Waals surface area contributed by atoms with Gasteiger partial charge in [-0.25, -0.2) is 16.8 Å². The van der Waals surface area contributed by atoms with Crippen molar-refractivity contribution in [2.24, 2.45) is 28.6 Å². The monoisotopic (exact) mass is 568 g/mol. The number of rotatable bonds is 5. The Balaban J connectivity index is 0.00000204. The SMILES string of the molecule is CC(=O)[C@@]1(OS(=O)(=O)[O-])CC[C@H]2[C@@H]3CC=C4C[C@@H](OS(=O)(=O)[O-])CC[C@]4(C)[C@H]3CC[C@@]21C.[K+].[K+]. The molecule has 0 saturated heterocycles. The number of hydrogen-bond acceptors (Lipinski definition) is 9. The molecule has 0 spiro atoms. The maximum Gasteiger partial charge on any atom is 1.00 e. The van der Waals surface area contributed by atoms with Gasteiger partial charge < -0.3 is 9.11 Å². The van der Waals surface area contributed by atoms with Gasteiger partial charge in [0.05, 0.1) is 6.10 Å². The number of ketones is 1. The van der Waals surface area contributed by atoms with Crippen LogP contribution in [0.25, 0.3) is 0 Å². The summed E-state index contributed by atoms with van der Waals surface area (Å²) in [6, 6.07) is 0. The van der Waals surface area contributed by atoms with E-state index in [1.165, 1.54) is 6.92 Å². The third-order valence-corrected chi connectivity index (χ3v) is 10.2. The van der Waals surface area contributed by atoms with Crippen molar-refractivity contribution < 1.29 is 142 Å². The molecule has 182 valence electrons. The Morgan fingerprint density at radius 2 is 1.59 bits per heavy atom. The van der Waals surface area contributed by atoms with E-state index >= 15 is 0 Å². The maximum atomic E-state index is 12.7. The van der Waals surface area contributed by atoms with Crippen LogP contribution in [-0.2, 0) is 34.0 Å². The van der Waals surface area contributed by atoms with Gasteiger partial charge in [0.1, 0.15) is 5.60 Å². The third kappa shape index (κ3) is 5.80. The first-order chi connectivity index (χ1) is 14.6. The molecule has 4 aliphatic rings. The molecule has 0 bridgehead atoms. The summed E-state index contributed by atoms with van der Waals surface area (Å²) in [6.45, 7) is 5.36. The van der Waals surface area contributed by atoms with E-state index in [0.29, 0.717) is 38.5 Å². The zero-order chi connectivity index (χ0) is 23.7. The van der Waals surface area contributed by atoms with Crippen molar-refractivity contribution in [2.45, 2.75) is 83.8 Å². The minimum atomic E-state index is -5.05. The topological polar surface area (TPSA) is 150 Å². The van der Waals surface area contributed by atoms with E-state index in [4.69, 9.17) is 8.37 Å². The van der Waals surface area contributed by atoms with Gasteiger partial charge in [0.15, 0.2) is 5.78 Å². The summed E-state index contributed by atoms with van der Waals surface area (Å²) in [7, 11) is -9.81. The first kappa shape index (κ1) is 32.6. The van der Waals surface area contributed by atoms with Crippen LogP contribution in [0.1, 0.15) is 72.1 Å². The van der Waals surface area contributed by atoms with Gasteiger partial charge in [-0.3, -0.25) is 13.2 Å². The molecule has 0 heterocycles. The second kappa shape index (κ2) is 11.1. The van der Waals surface area contributed by atoms with Crippen molar-refractivity contribution in [3.63, 3.8) is 0 Å². The maximum absolute atomic E-state index is 12.7. The summed E-state index contributed by atoms with van der Waals surface area (Å²) in [5.41, 5.74) is -1.45. The van der Waals surface area contributed by atoms with E-state index in [9.17, 15) is 30.7 Å². The number of hydrogen-bond donors (Lipinski definition) is 0. The van der Waals surface area contributed by atoms with Gasteiger partial charge in [-0.2, -0.15) is 0 Å². The fraction of sp³-hybridized carbons (Fsp3) is 0.857. The Morgan fingerprint density at radius 1 is 0.971 bits per heavy atom. The van der Waals surface area contributed by atoms with E-state index in [0.717, 1.165) is 12.0 Å². The van der Waals surface area contributed by atoms with Gasteiger partial charge in [0.25, 0.3) is 0 Å². The van der Waals surface area contributed by atoms with Gasteiger partial charge in [0, 0.05) is 5.41 Å². The van der Waals surface area contributed by atoms with Gasteiger partial charge >= 0.3 is 103 Å². The molecule has 3 fully saturated rings. The van der Waals surface area contributed by atoms with Crippen LogP contribution in [0.2, 0.25) is 0 Å². The van der Waals surface area contributed by atoms with Crippen molar-refractivity contribution in [3.05, 3.63) is 11.6 Å². The van der Waals surface area contributed by atoms with E-state index in [-0.39, 0.29) is 132 Å². The molecule has 0 aromatic heterocycles. The Hall–Kier alpha value is 2.42. The van der Waals surface area contributed by atoms with Gasteiger partial charge in [-0.15, -0.1) is 0 Å². The van der Waals surface area contributed by atoms with Gasteiger partial charge in [-0.1, -0.05) is 25.5 Å². The summed E-state index contributed by atoms with van der Waals surface area (Å²) in [5, 5.41) is 0. The minimum absolute atomic E-state index is 0. The Kier molecular flexibility index (Phi) is 10.7. The molecule has 7 atom stereocenters. The normalized spacial score (nSPS) is 41.6. The fourth-order valence-electron chi connectivity index (χ4n) is 7.82. The molecule has 4 aliphatic carbocycles. The van der Waals surface area contributed by atoms with Gasteiger partial charge in [0.2, 0.25) is 20.8 Å². The number of fused-ring (bicyclic) bond motifs is 5. The molecular formula is C21H30K2O9S2. The molecule has 3 saturated carbocycles. The second-order valence-electron chi connectivity index (χ2n) is 10.5. The van der Waals surface area contributed by atoms with Crippen LogP contribution < -0.4 is 103 Å². The molecule has 0 aliphatic heterocycles. The average molecular weight is 569 g/mol. The standard InChI is InChI=1S/C21H32O9S2.2K/c1-13(22)21(30-32(26,27)28)11-8-18-16-5-4-14-12-15(29-31(23,24)25)6-9-19(14,2)17(16)7-10-20(18,21)3;;/h4,15-18H,5-12H2,1-3H3,(H,23,24,25)(H,26,27,28);;/q;2*+1/p-2/t15-,16+,17-,18-,19-,20-,21-;;/m0../s1. The zero-order valence-corrected chi connectivity index (χ0v) is 28.4. The smallest absolute Gasteiger partial charge is 0.726 e. The zero-order valence-electron chi connectivity index (χ0n) is 20.5. The molecule has 0 aromatic rings. The summed E-state index contributed by atoms with van der Waals surface area (Å²) in [5.74, 6) is 0.0759. The number of allylic oxidation sites excluding steroid dienone is 1. The van der Waals surface area contributed by atoms with Crippen molar-refractivity contribution in [1.29, 1.82) is 0 Å². The summed E-state index contributed by atoms with van der Waals surface area (Å²) >= 11 is 0. The Labute approximate surface area is 287 Å². The fourth-order valence-corrected chi connectivity index (χ4v) is 9.06. The van der Waals surface area contributed by atoms with Crippen LogP contribution in [0.4, 0.5) is 0 Å². The summed E-state index contributed by atoms with van der Waals surface area (Å²) in [4.78, 5) is 12.7. The quantitative estimate of drug-likeness (QED) is 0.143. The van der Waals surface area contributed by atoms with E-state index in [1.807, 2.05) is 6.92 Å². The van der Waals surface area contributed by atoms with Crippen LogP contribution in [0.3, 0.4) is 0 Å². The van der Waals surface area contributed by atoms with Crippen molar-refractivity contribution in [2.75, 3.05) is 0 Å². The number of carbonyl (C=O) groups is 1. The number of Topliss-reactive ketones (excluding diaryl/α,β-unsaturated/α-hetero) is 1. The summed E-state index contributed by atoms with van der Waals surface area (Å²) in [6.07, 6.45) is 5.85. The van der Waals surface area contributed by atoms with Crippen molar-refractivity contribution in [3.8, 4) is 0 Å². The van der Waals surface area contributed by atoms with E-state index in [1.54, 1.807) is 0 Å². The first-order valence-corrected chi connectivity index (χ1v) is 13.8. The van der Waals surface area contributed by atoms with Crippen LogP contribution in [0, 0.1) is 28.6 Å². The van der Waals surface area contributed by atoms with Crippen molar-refractivity contribution in [1.82, 2.24) is 0 Å². The Bertz CT molecular complexity index is 1060. The summed E-state index contributed by atoms with van der Waals surface area (Å²) < 4.78 is 77.5. The van der Waals surface area contributed by atoms with Gasteiger partial charge in [-0.05, 0) is 81.5 Å². The van der Waals surface area contributed by atoms with Crippen LogP contribution in [0.5, 0.6) is 0 Å². The predicted octanol–water partition coefficient (Wildman–Crippen LogP) is -3.39. The molecule has 0 unspecified atom stereocenters. The molecule has 0 aromatic carbocycles. The van der Waals surface area contributed by atoms with E-state index < -0.39 is 43.7 Å². The average Bonchev–Trinajstić information content (AvgIpc) is 2.93. The molecule has 34 heavy (non-hydrogen) atoms. The predicted molar refractivity (Wildman–Crippen MR) is 110 cm³/mol. The first-order valence-electron chi connectivity index (χ1n) is 11.1. The van der Waals surface area contributed by atoms with Crippen molar-refractivity contribution >= 4 is 26.6 Å². The van der Waals surface area contributed by atoms with Crippen LogP contribution in [-0.4, -0.2) is 43.4 Å². The number of carbonyl (C=O) groups excluding carboxylic acids is 1.